The van der Waals surface area contributed by atoms with E-state index in [1.54, 1.807) is 18.6 Å². The highest BCUT2D eigenvalue weighted by Crippen LogP contribution is 2.21. The van der Waals surface area contributed by atoms with E-state index >= 15 is 0 Å². The van der Waals surface area contributed by atoms with Crippen molar-refractivity contribution in [1.82, 2.24) is 15.0 Å². The number of aryl methyl sites for hydroxylation is 1. The van der Waals surface area contributed by atoms with Gasteiger partial charge < -0.3 is 10.5 Å². The van der Waals surface area contributed by atoms with Crippen molar-refractivity contribution in [3.05, 3.63) is 30.4 Å². The first-order chi connectivity index (χ1) is 8.20. The van der Waals surface area contributed by atoms with Crippen molar-refractivity contribution in [2.45, 2.75) is 6.92 Å². The molecule has 2 rings (SSSR count). The van der Waals surface area contributed by atoms with Crippen LogP contribution in [0.5, 0.6) is 0 Å². The van der Waals surface area contributed by atoms with Crippen LogP contribution in [0.4, 0.5) is 11.5 Å². The Morgan fingerprint density at radius 2 is 2.12 bits per heavy atom. The standard InChI is InChI=1S/C11H13N5S/c1-7-11(12)14-6-10(15-7)8-3-9(16-17-2)5-13-4-8/h3-6,16H,1-2H3,(H2,12,14). The Bertz CT molecular complexity index is 529. The van der Waals surface area contributed by atoms with Crippen LogP contribution in [0.25, 0.3) is 11.3 Å². The van der Waals surface area contributed by atoms with E-state index in [9.17, 15) is 0 Å². The van der Waals surface area contributed by atoms with Crippen LogP contribution in [0.3, 0.4) is 0 Å². The highest BCUT2D eigenvalue weighted by Gasteiger charge is 2.04. The molecule has 0 unspecified atom stereocenters. The predicted molar refractivity (Wildman–Crippen MR) is 71.6 cm³/mol. The second-order valence-corrected chi connectivity index (χ2v) is 4.11. The molecule has 0 bridgehead atoms. The van der Waals surface area contributed by atoms with Crippen LogP contribution >= 0.6 is 11.9 Å². The molecule has 0 aliphatic carbocycles. The quantitative estimate of drug-likeness (QED) is 0.809. The zero-order valence-corrected chi connectivity index (χ0v) is 10.5. The molecule has 2 heterocycles. The van der Waals surface area contributed by atoms with Crippen molar-refractivity contribution in [1.29, 1.82) is 0 Å². The molecule has 0 radical (unpaired) electrons. The molecule has 3 N–H and O–H groups in total. The minimum atomic E-state index is 0.458. The molecule has 2 aromatic rings. The number of hydrogen-bond acceptors (Lipinski definition) is 6. The van der Waals surface area contributed by atoms with Gasteiger partial charge in [0.25, 0.3) is 0 Å². The number of nitrogen functional groups attached to an aromatic ring is 1. The lowest BCUT2D eigenvalue weighted by atomic mass is 10.2. The van der Waals surface area contributed by atoms with E-state index in [1.807, 2.05) is 19.2 Å². The zero-order chi connectivity index (χ0) is 12.3. The fourth-order valence-corrected chi connectivity index (χ4v) is 1.73. The lowest BCUT2D eigenvalue weighted by molar-refractivity contribution is 1.13. The van der Waals surface area contributed by atoms with E-state index in [-0.39, 0.29) is 0 Å². The molecule has 0 saturated heterocycles. The average molecular weight is 247 g/mol. The van der Waals surface area contributed by atoms with Gasteiger partial charge in [-0.25, -0.2) is 9.97 Å². The third kappa shape index (κ3) is 2.65. The van der Waals surface area contributed by atoms with Crippen LogP contribution in [0.1, 0.15) is 5.69 Å². The molecule has 88 valence electrons. The van der Waals surface area contributed by atoms with E-state index in [4.69, 9.17) is 5.73 Å². The Balaban J connectivity index is 2.38. The van der Waals surface area contributed by atoms with Gasteiger partial charge in [-0.2, -0.15) is 0 Å². The summed E-state index contributed by atoms with van der Waals surface area (Å²) in [4.78, 5) is 12.6. The Hall–Kier alpha value is -1.82. The molecule has 0 saturated carbocycles. The van der Waals surface area contributed by atoms with Gasteiger partial charge in [-0.1, -0.05) is 11.9 Å². The summed E-state index contributed by atoms with van der Waals surface area (Å²) in [5.41, 5.74) is 8.99. The van der Waals surface area contributed by atoms with Crippen LogP contribution in [-0.2, 0) is 0 Å². The normalized spacial score (nSPS) is 10.2. The van der Waals surface area contributed by atoms with Crippen LogP contribution in [0.15, 0.2) is 24.7 Å². The summed E-state index contributed by atoms with van der Waals surface area (Å²) in [6.45, 7) is 1.84. The van der Waals surface area contributed by atoms with Crippen molar-refractivity contribution < 1.29 is 0 Å². The fraction of sp³-hybridized carbons (Fsp3) is 0.182. The van der Waals surface area contributed by atoms with Gasteiger partial charge in [0, 0.05) is 18.0 Å². The summed E-state index contributed by atoms with van der Waals surface area (Å²) in [6.07, 6.45) is 7.13. The lowest BCUT2D eigenvalue weighted by Crippen LogP contribution is -1.98. The molecule has 6 heteroatoms. The number of nitrogens with two attached hydrogens (primary N) is 1. The lowest BCUT2D eigenvalue weighted by Gasteiger charge is -2.06. The van der Waals surface area contributed by atoms with E-state index in [0.717, 1.165) is 22.6 Å². The summed E-state index contributed by atoms with van der Waals surface area (Å²) in [6, 6.07) is 1.98. The molecular weight excluding hydrogens is 234 g/mol. The van der Waals surface area contributed by atoms with Gasteiger partial charge in [0.15, 0.2) is 0 Å². The first-order valence-electron chi connectivity index (χ1n) is 5.04. The molecule has 0 amide bonds. The fourth-order valence-electron chi connectivity index (χ4n) is 1.38. The topological polar surface area (TPSA) is 76.7 Å². The van der Waals surface area contributed by atoms with Crippen molar-refractivity contribution in [2.24, 2.45) is 0 Å². The number of rotatable bonds is 3. The number of nitrogens with zero attached hydrogens (tertiary/aromatic N) is 3. The molecule has 5 nitrogen and oxygen atoms in total. The van der Waals surface area contributed by atoms with Crippen LogP contribution in [0, 0.1) is 6.92 Å². The maximum atomic E-state index is 5.64. The van der Waals surface area contributed by atoms with Gasteiger partial charge in [0.05, 0.1) is 29.5 Å². The van der Waals surface area contributed by atoms with E-state index in [2.05, 4.69) is 19.7 Å². The largest absolute Gasteiger partial charge is 0.382 e. The van der Waals surface area contributed by atoms with E-state index < -0.39 is 0 Å². The Labute approximate surface area is 104 Å². The zero-order valence-electron chi connectivity index (χ0n) is 9.64. The highest BCUT2D eigenvalue weighted by atomic mass is 32.2. The van der Waals surface area contributed by atoms with Gasteiger partial charge >= 0.3 is 0 Å². The Morgan fingerprint density at radius 1 is 1.29 bits per heavy atom. The molecule has 0 fully saturated rings. The number of nitrogens with one attached hydrogen (secondary N) is 1. The van der Waals surface area contributed by atoms with E-state index in [0.29, 0.717) is 5.82 Å². The first-order valence-corrected chi connectivity index (χ1v) is 6.26. The number of pyridine rings is 1. The second kappa shape index (κ2) is 5.01. The summed E-state index contributed by atoms with van der Waals surface area (Å²) in [5.74, 6) is 0.458. The molecule has 17 heavy (non-hydrogen) atoms. The van der Waals surface area contributed by atoms with Gasteiger partial charge in [-0.15, -0.1) is 0 Å². The third-order valence-electron chi connectivity index (χ3n) is 2.24. The Morgan fingerprint density at radius 3 is 2.82 bits per heavy atom. The smallest absolute Gasteiger partial charge is 0.144 e. The minimum Gasteiger partial charge on any atom is -0.382 e. The summed E-state index contributed by atoms with van der Waals surface area (Å²) < 4.78 is 3.12. The van der Waals surface area contributed by atoms with Crippen molar-refractivity contribution >= 4 is 23.5 Å². The molecular formula is C11H13N5S. The highest BCUT2D eigenvalue weighted by molar-refractivity contribution is 7.99. The number of anilines is 2. The Kier molecular flexibility index (Phi) is 3.43. The summed E-state index contributed by atoms with van der Waals surface area (Å²) in [7, 11) is 0. The predicted octanol–water partition coefficient (Wildman–Crippen LogP) is 2.12. The van der Waals surface area contributed by atoms with Crippen LogP contribution < -0.4 is 10.5 Å². The minimum absolute atomic E-state index is 0.458. The number of aromatic nitrogens is 3. The first kappa shape index (κ1) is 11.7. The van der Waals surface area contributed by atoms with Crippen molar-refractivity contribution in [3.63, 3.8) is 0 Å². The van der Waals surface area contributed by atoms with Gasteiger partial charge in [0.2, 0.25) is 0 Å². The molecule has 0 atom stereocenters. The molecule has 0 aliphatic rings. The maximum Gasteiger partial charge on any atom is 0.144 e. The summed E-state index contributed by atoms with van der Waals surface area (Å²) >= 11 is 1.52. The third-order valence-corrected chi connectivity index (χ3v) is 2.68. The average Bonchev–Trinajstić information content (AvgIpc) is 2.33. The van der Waals surface area contributed by atoms with Crippen molar-refractivity contribution in [2.75, 3.05) is 16.7 Å². The van der Waals surface area contributed by atoms with Crippen molar-refractivity contribution in [3.8, 4) is 11.3 Å². The summed E-state index contributed by atoms with van der Waals surface area (Å²) in [5, 5.41) is 0. The van der Waals surface area contributed by atoms with Gasteiger partial charge in [-0.3, -0.25) is 4.98 Å². The SMILES string of the molecule is CSNc1cncc(-c2cnc(N)c(C)n2)c1. The number of hydrogen-bond donors (Lipinski definition) is 2. The molecule has 0 aliphatic heterocycles. The molecule has 2 aromatic heterocycles. The van der Waals surface area contributed by atoms with Gasteiger partial charge in [0.1, 0.15) is 5.82 Å². The van der Waals surface area contributed by atoms with E-state index in [1.165, 1.54) is 11.9 Å². The molecule has 0 spiro atoms. The maximum absolute atomic E-state index is 5.64. The van der Waals surface area contributed by atoms with Crippen LogP contribution in [0.2, 0.25) is 0 Å². The second-order valence-electron chi connectivity index (χ2n) is 3.49. The van der Waals surface area contributed by atoms with Gasteiger partial charge in [-0.05, 0) is 13.0 Å². The van der Waals surface area contributed by atoms with Crippen LogP contribution in [-0.4, -0.2) is 21.2 Å². The molecule has 0 aromatic carbocycles. The monoisotopic (exact) mass is 247 g/mol.